The molecule has 0 radical (unpaired) electrons. The highest BCUT2D eigenvalue weighted by atomic mass is 14.8. The Hall–Kier alpha value is -0.0400. The van der Waals surface area contributed by atoms with E-state index in [1.165, 1.54) is 161 Å². The van der Waals surface area contributed by atoms with E-state index in [1.54, 1.807) is 0 Å². The first-order valence-electron chi connectivity index (χ1n) is 13.6. The third-order valence-electron chi connectivity index (χ3n) is 6.16. The number of hydrogen-bond acceptors (Lipinski definition) is 1. The third kappa shape index (κ3) is 26.0. The molecule has 0 aliphatic rings. The zero-order chi connectivity index (χ0) is 20.4. The molecule has 0 spiro atoms. The molecule has 0 bridgehead atoms. The number of nitrogens with one attached hydrogen (secondary N) is 1. The lowest BCUT2D eigenvalue weighted by molar-refractivity contribution is 0.518. The summed E-state index contributed by atoms with van der Waals surface area (Å²) < 4.78 is 0. The van der Waals surface area contributed by atoms with E-state index in [2.05, 4.69) is 19.2 Å². The molecule has 0 fully saturated rings. The van der Waals surface area contributed by atoms with E-state index >= 15 is 0 Å². The van der Waals surface area contributed by atoms with Crippen LogP contribution in [0.4, 0.5) is 0 Å². The summed E-state index contributed by atoms with van der Waals surface area (Å²) in [7, 11) is 0. The van der Waals surface area contributed by atoms with Gasteiger partial charge >= 0.3 is 0 Å². The molecule has 0 saturated carbocycles. The van der Waals surface area contributed by atoms with Crippen LogP contribution in [0.25, 0.3) is 0 Å². The van der Waals surface area contributed by atoms with Crippen LogP contribution in [-0.4, -0.2) is 13.1 Å². The largest absolute Gasteiger partial charge is 0.317 e. The lowest BCUT2D eigenvalue weighted by atomic mass is 10.0. The van der Waals surface area contributed by atoms with Crippen LogP contribution in [0.5, 0.6) is 0 Å². The molecule has 0 aromatic carbocycles. The van der Waals surface area contributed by atoms with Gasteiger partial charge in [-0.15, -0.1) is 0 Å². The summed E-state index contributed by atoms with van der Waals surface area (Å²) in [5.74, 6) is 0. The Morgan fingerprint density at radius 3 is 0.821 bits per heavy atom. The summed E-state index contributed by atoms with van der Waals surface area (Å²) in [6.07, 6.45) is 33.4. The van der Waals surface area contributed by atoms with Crippen molar-refractivity contribution in [2.24, 2.45) is 0 Å². The molecule has 0 aromatic rings. The SMILES string of the molecule is CCCCCCCCCCCCCCCCCCCCCCNCCCCC. The standard InChI is InChI=1S/C27H57N/c1-3-5-7-8-9-10-11-12-13-14-15-16-17-18-19-20-21-22-23-25-27-28-26-24-6-4-2/h28H,3-27H2,1-2H3. The fourth-order valence-corrected chi connectivity index (χ4v) is 4.13. The van der Waals surface area contributed by atoms with Gasteiger partial charge in [-0.1, -0.05) is 149 Å². The molecule has 170 valence electrons. The Morgan fingerprint density at radius 2 is 0.500 bits per heavy atom. The Kier molecular flexibility index (Phi) is 26.9. The van der Waals surface area contributed by atoms with Gasteiger partial charge in [-0.2, -0.15) is 0 Å². The van der Waals surface area contributed by atoms with Gasteiger partial charge in [0.15, 0.2) is 0 Å². The zero-order valence-electron chi connectivity index (χ0n) is 20.2. The molecule has 1 nitrogen and oxygen atoms in total. The fourth-order valence-electron chi connectivity index (χ4n) is 4.13. The van der Waals surface area contributed by atoms with Crippen LogP contribution in [-0.2, 0) is 0 Å². The van der Waals surface area contributed by atoms with Crippen LogP contribution in [0.15, 0.2) is 0 Å². The van der Waals surface area contributed by atoms with E-state index in [-0.39, 0.29) is 0 Å². The molecule has 0 unspecified atom stereocenters. The Bertz CT molecular complexity index is 225. The highest BCUT2D eigenvalue weighted by Gasteiger charge is 1.95. The Morgan fingerprint density at radius 1 is 0.286 bits per heavy atom. The predicted octanol–water partition coefficient (Wildman–Crippen LogP) is 9.59. The van der Waals surface area contributed by atoms with Crippen LogP contribution >= 0.6 is 0 Å². The van der Waals surface area contributed by atoms with Gasteiger partial charge in [-0.05, 0) is 25.9 Å². The Labute approximate surface area is 180 Å². The summed E-state index contributed by atoms with van der Waals surface area (Å²) in [5.41, 5.74) is 0. The van der Waals surface area contributed by atoms with Crippen LogP contribution in [0, 0.1) is 0 Å². The molecule has 0 rings (SSSR count). The number of hydrogen-bond donors (Lipinski definition) is 1. The van der Waals surface area contributed by atoms with Crippen molar-refractivity contribution in [1.82, 2.24) is 5.32 Å². The number of unbranched alkanes of at least 4 members (excludes halogenated alkanes) is 21. The molecular formula is C27H57N. The quantitative estimate of drug-likeness (QED) is 0.152. The second kappa shape index (κ2) is 27.0. The van der Waals surface area contributed by atoms with Gasteiger partial charge in [0.25, 0.3) is 0 Å². The van der Waals surface area contributed by atoms with Crippen molar-refractivity contribution < 1.29 is 0 Å². The van der Waals surface area contributed by atoms with E-state index in [9.17, 15) is 0 Å². The van der Waals surface area contributed by atoms with Crippen LogP contribution in [0.1, 0.15) is 162 Å². The topological polar surface area (TPSA) is 12.0 Å². The molecule has 0 aromatic heterocycles. The summed E-state index contributed by atoms with van der Waals surface area (Å²) in [5, 5.41) is 3.58. The van der Waals surface area contributed by atoms with Crippen molar-refractivity contribution in [2.75, 3.05) is 13.1 Å². The average molecular weight is 396 g/mol. The maximum Gasteiger partial charge on any atom is -0.00489 e. The lowest BCUT2D eigenvalue weighted by Gasteiger charge is -2.05. The van der Waals surface area contributed by atoms with E-state index < -0.39 is 0 Å². The first-order chi connectivity index (χ1) is 13.9. The van der Waals surface area contributed by atoms with Gasteiger partial charge in [-0.3, -0.25) is 0 Å². The monoisotopic (exact) mass is 395 g/mol. The minimum Gasteiger partial charge on any atom is -0.317 e. The Balaban J connectivity index is 2.96. The highest BCUT2D eigenvalue weighted by molar-refractivity contribution is 4.52. The van der Waals surface area contributed by atoms with Gasteiger partial charge in [0.1, 0.15) is 0 Å². The highest BCUT2D eigenvalue weighted by Crippen LogP contribution is 2.14. The second-order valence-corrected chi connectivity index (χ2v) is 9.17. The fraction of sp³-hybridized carbons (Fsp3) is 1.00. The van der Waals surface area contributed by atoms with E-state index in [1.807, 2.05) is 0 Å². The van der Waals surface area contributed by atoms with Crippen molar-refractivity contribution >= 4 is 0 Å². The van der Waals surface area contributed by atoms with Crippen molar-refractivity contribution in [3.63, 3.8) is 0 Å². The van der Waals surface area contributed by atoms with Crippen LogP contribution in [0.2, 0.25) is 0 Å². The van der Waals surface area contributed by atoms with Crippen molar-refractivity contribution in [3.8, 4) is 0 Å². The predicted molar refractivity (Wildman–Crippen MR) is 130 cm³/mol. The molecule has 1 N–H and O–H groups in total. The van der Waals surface area contributed by atoms with Gasteiger partial charge < -0.3 is 5.32 Å². The molecule has 0 heterocycles. The maximum absolute atomic E-state index is 3.58. The molecule has 0 atom stereocenters. The summed E-state index contributed by atoms with van der Waals surface area (Å²) in [6, 6.07) is 0. The van der Waals surface area contributed by atoms with Crippen LogP contribution < -0.4 is 5.32 Å². The van der Waals surface area contributed by atoms with Gasteiger partial charge in [-0.25, -0.2) is 0 Å². The normalized spacial score (nSPS) is 11.4. The second-order valence-electron chi connectivity index (χ2n) is 9.17. The van der Waals surface area contributed by atoms with E-state index in [4.69, 9.17) is 0 Å². The van der Waals surface area contributed by atoms with E-state index in [0.717, 1.165) is 0 Å². The lowest BCUT2D eigenvalue weighted by Crippen LogP contribution is -2.16. The summed E-state index contributed by atoms with van der Waals surface area (Å²) in [4.78, 5) is 0. The van der Waals surface area contributed by atoms with Gasteiger partial charge in [0.2, 0.25) is 0 Å². The molecule has 0 amide bonds. The number of rotatable bonds is 25. The van der Waals surface area contributed by atoms with E-state index in [0.29, 0.717) is 0 Å². The first kappa shape index (κ1) is 28.0. The minimum atomic E-state index is 1.23. The molecular weight excluding hydrogens is 338 g/mol. The third-order valence-corrected chi connectivity index (χ3v) is 6.16. The molecule has 0 aliphatic heterocycles. The molecule has 1 heteroatoms. The maximum atomic E-state index is 3.58. The zero-order valence-corrected chi connectivity index (χ0v) is 20.2. The smallest absolute Gasteiger partial charge is 0.00489 e. The minimum absolute atomic E-state index is 1.23. The molecule has 0 aliphatic carbocycles. The summed E-state index contributed by atoms with van der Waals surface area (Å²) in [6.45, 7) is 7.05. The summed E-state index contributed by atoms with van der Waals surface area (Å²) >= 11 is 0. The molecule has 28 heavy (non-hydrogen) atoms. The molecule has 0 saturated heterocycles. The van der Waals surface area contributed by atoms with Crippen molar-refractivity contribution in [3.05, 3.63) is 0 Å². The average Bonchev–Trinajstić information content (AvgIpc) is 2.71. The van der Waals surface area contributed by atoms with Crippen LogP contribution in [0.3, 0.4) is 0 Å². The van der Waals surface area contributed by atoms with Gasteiger partial charge in [0, 0.05) is 0 Å². The van der Waals surface area contributed by atoms with Crippen molar-refractivity contribution in [1.29, 1.82) is 0 Å². The van der Waals surface area contributed by atoms with Gasteiger partial charge in [0.05, 0.1) is 0 Å². The first-order valence-corrected chi connectivity index (χ1v) is 13.6. The van der Waals surface area contributed by atoms with Crippen molar-refractivity contribution in [2.45, 2.75) is 162 Å².